The average Bonchev–Trinajstić information content (AvgIpc) is 2.45. The van der Waals surface area contributed by atoms with Gasteiger partial charge in [-0.15, -0.1) is 0 Å². The Balaban J connectivity index is 2.80. The van der Waals surface area contributed by atoms with Crippen molar-refractivity contribution in [2.24, 2.45) is 12.8 Å². The van der Waals surface area contributed by atoms with Crippen LogP contribution in [0.1, 0.15) is 11.3 Å². The molecule has 1 aromatic carbocycles. The van der Waals surface area contributed by atoms with E-state index in [0.717, 1.165) is 19.2 Å². The third-order valence-electron chi connectivity index (χ3n) is 3.33. The predicted octanol–water partition coefficient (Wildman–Crippen LogP) is 1.38. The molecule has 0 bridgehead atoms. The number of benzene rings is 1. The molecule has 0 radical (unpaired) electrons. The third-order valence-corrected chi connectivity index (χ3v) is 3.68. The largest absolute Gasteiger partial charge is 0.431 e. The molecule has 11 heteroatoms. The molecule has 0 saturated heterocycles. The highest BCUT2D eigenvalue weighted by atomic mass is 35.5. The van der Waals surface area contributed by atoms with Gasteiger partial charge in [-0.3, -0.25) is 14.2 Å². The monoisotopic (exact) mass is 379 g/mol. The van der Waals surface area contributed by atoms with Gasteiger partial charge in [0.2, 0.25) is 5.91 Å². The van der Waals surface area contributed by atoms with Gasteiger partial charge in [-0.25, -0.2) is 13.8 Å². The summed E-state index contributed by atoms with van der Waals surface area (Å²) in [5.41, 5.74) is 0.116. The molecule has 2 N–H and O–H groups in total. The normalized spacial score (nSPS) is 11.6. The summed E-state index contributed by atoms with van der Waals surface area (Å²) in [7, 11) is 0.791. The number of alkyl halides is 3. The van der Waals surface area contributed by atoms with Crippen LogP contribution in [0.15, 0.2) is 27.8 Å². The highest BCUT2D eigenvalue weighted by Crippen LogP contribution is 2.27. The van der Waals surface area contributed by atoms with Gasteiger partial charge < -0.3 is 5.73 Å². The smallest absolute Gasteiger partial charge is 0.369 e. The fraction of sp³-hybridized carbons (Fsp3) is 0.214. The van der Waals surface area contributed by atoms with E-state index < -0.39 is 47.0 Å². The molecule has 1 aromatic heterocycles. The van der Waals surface area contributed by atoms with Crippen molar-refractivity contribution in [1.29, 1.82) is 0 Å². The van der Waals surface area contributed by atoms with Crippen LogP contribution >= 0.6 is 11.6 Å². The summed E-state index contributed by atoms with van der Waals surface area (Å²) in [6, 6.07) is 1.82. The number of rotatable bonds is 3. The number of hydrogen-bond donors (Lipinski definition) is 1. The molecule has 0 spiro atoms. The lowest BCUT2D eigenvalue weighted by molar-refractivity contribution is -0.144. The van der Waals surface area contributed by atoms with Crippen LogP contribution < -0.4 is 17.0 Å². The number of carbonyl (C=O) groups is 1. The van der Waals surface area contributed by atoms with Gasteiger partial charge in [0, 0.05) is 18.1 Å². The molecule has 2 aromatic rings. The van der Waals surface area contributed by atoms with Crippen LogP contribution in [0.25, 0.3) is 5.69 Å². The Hall–Kier alpha value is -2.62. The van der Waals surface area contributed by atoms with E-state index in [1.54, 1.807) is 0 Å². The molecular formula is C14H10ClF4N3O3. The van der Waals surface area contributed by atoms with Crippen molar-refractivity contribution in [2.45, 2.75) is 12.6 Å². The molecule has 0 aliphatic heterocycles. The van der Waals surface area contributed by atoms with Gasteiger partial charge in [0.25, 0.3) is 5.56 Å². The second-order valence-corrected chi connectivity index (χ2v) is 5.49. The molecule has 1 amide bonds. The Bertz CT molecular complexity index is 979. The molecule has 0 atom stereocenters. The summed E-state index contributed by atoms with van der Waals surface area (Å²) >= 11 is 5.76. The summed E-state index contributed by atoms with van der Waals surface area (Å²) in [6.45, 7) is 0. The highest BCUT2D eigenvalue weighted by Gasteiger charge is 2.35. The first-order chi connectivity index (χ1) is 11.4. The first-order valence-corrected chi connectivity index (χ1v) is 6.98. The first kappa shape index (κ1) is 18.7. The molecule has 134 valence electrons. The molecule has 0 fully saturated rings. The van der Waals surface area contributed by atoms with E-state index in [2.05, 4.69) is 0 Å². The summed E-state index contributed by atoms with van der Waals surface area (Å²) < 4.78 is 53.0. The predicted molar refractivity (Wildman–Crippen MR) is 80.1 cm³/mol. The number of amides is 1. The van der Waals surface area contributed by atoms with Crippen LogP contribution in [-0.2, 0) is 24.4 Å². The number of nitrogens with two attached hydrogens (primary N) is 1. The van der Waals surface area contributed by atoms with E-state index in [1.165, 1.54) is 0 Å². The number of aromatic nitrogens is 2. The van der Waals surface area contributed by atoms with E-state index in [1.807, 2.05) is 0 Å². The van der Waals surface area contributed by atoms with Crippen molar-refractivity contribution >= 4 is 17.5 Å². The molecular weight excluding hydrogens is 370 g/mol. The van der Waals surface area contributed by atoms with Gasteiger partial charge in [0.15, 0.2) is 0 Å². The molecule has 0 aliphatic rings. The van der Waals surface area contributed by atoms with Gasteiger partial charge in [0.1, 0.15) is 11.5 Å². The number of hydrogen-bond acceptors (Lipinski definition) is 3. The van der Waals surface area contributed by atoms with Crippen LogP contribution in [0.4, 0.5) is 17.6 Å². The zero-order valence-electron chi connectivity index (χ0n) is 12.5. The van der Waals surface area contributed by atoms with E-state index in [-0.39, 0.29) is 25.8 Å². The topological polar surface area (TPSA) is 87.1 Å². The van der Waals surface area contributed by atoms with Crippen molar-refractivity contribution in [3.05, 3.63) is 61.1 Å². The molecule has 0 saturated carbocycles. The quantitative estimate of drug-likeness (QED) is 0.817. The zero-order chi connectivity index (χ0) is 19.1. The van der Waals surface area contributed by atoms with Crippen molar-refractivity contribution in [2.75, 3.05) is 0 Å². The lowest BCUT2D eigenvalue weighted by Gasteiger charge is -2.15. The molecule has 25 heavy (non-hydrogen) atoms. The Kier molecular flexibility index (Phi) is 4.76. The SMILES string of the molecule is Cn1c(C(F)(F)F)cc(=O)n(-c2cc(CC(N)=O)c(Cl)cc2F)c1=O. The van der Waals surface area contributed by atoms with Crippen LogP contribution in [0.2, 0.25) is 5.02 Å². The van der Waals surface area contributed by atoms with Crippen molar-refractivity contribution in [1.82, 2.24) is 9.13 Å². The van der Waals surface area contributed by atoms with Crippen molar-refractivity contribution < 1.29 is 22.4 Å². The minimum Gasteiger partial charge on any atom is -0.369 e. The van der Waals surface area contributed by atoms with Crippen LogP contribution in [0.3, 0.4) is 0 Å². The maximum absolute atomic E-state index is 14.1. The zero-order valence-corrected chi connectivity index (χ0v) is 13.3. The minimum atomic E-state index is -4.94. The van der Waals surface area contributed by atoms with E-state index in [9.17, 15) is 31.9 Å². The summed E-state index contributed by atoms with van der Waals surface area (Å²) in [4.78, 5) is 35.2. The lowest BCUT2D eigenvalue weighted by Crippen LogP contribution is -2.41. The van der Waals surface area contributed by atoms with Gasteiger partial charge in [-0.1, -0.05) is 11.6 Å². The molecule has 6 nitrogen and oxygen atoms in total. The molecule has 0 unspecified atom stereocenters. The second kappa shape index (κ2) is 6.36. The number of carbonyl (C=O) groups excluding carboxylic acids is 1. The second-order valence-electron chi connectivity index (χ2n) is 5.08. The van der Waals surface area contributed by atoms with Crippen molar-refractivity contribution in [3.8, 4) is 5.69 Å². The average molecular weight is 380 g/mol. The van der Waals surface area contributed by atoms with E-state index >= 15 is 0 Å². The van der Waals surface area contributed by atoms with Crippen LogP contribution in [-0.4, -0.2) is 15.0 Å². The summed E-state index contributed by atoms with van der Waals surface area (Å²) in [5, 5.41) is -0.183. The van der Waals surface area contributed by atoms with Gasteiger partial charge in [-0.2, -0.15) is 13.2 Å². The maximum atomic E-state index is 14.1. The standard InChI is InChI=1S/C14H10ClF4N3O3/c1-21-10(14(17,18)19)5-12(24)22(13(21)25)9-2-6(3-11(20)23)7(15)4-8(9)16/h2,4-5H,3H2,1H3,(H2,20,23). The van der Waals surface area contributed by atoms with Crippen LogP contribution in [0.5, 0.6) is 0 Å². The maximum Gasteiger partial charge on any atom is 0.431 e. The van der Waals surface area contributed by atoms with Gasteiger partial charge in [0.05, 0.1) is 12.1 Å². The van der Waals surface area contributed by atoms with E-state index in [0.29, 0.717) is 0 Å². The number of nitrogens with zero attached hydrogens (tertiary/aromatic N) is 2. The van der Waals surface area contributed by atoms with Gasteiger partial charge >= 0.3 is 11.9 Å². The van der Waals surface area contributed by atoms with Crippen LogP contribution in [0, 0.1) is 5.82 Å². The number of halogens is 5. The van der Waals surface area contributed by atoms with E-state index in [4.69, 9.17) is 17.3 Å². The molecule has 1 heterocycles. The Morgan fingerprint density at radius 3 is 2.36 bits per heavy atom. The first-order valence-electron chi connectivity index (χ1n) is 6.60. The number of primary amides is 1. The minimum absolute atomic E-state index is 0.0133. The highest BCUT2D eigenvalue weighted by molar-refractivity contribution is 6.31. The molecule has 2 rings (SSSR count). The summed E-state index contributed by atoms with van der Waals surface area (Å²) in [6.07, 6.45) is -5.36. The fourth-order valence-electron chi connectivity index (χ4n) is 2.19. The molecule has 0 aliphatic carbocycles. The Morgan fingerprint density at radius 2 is 1.84 bits per heavy atom. The Labute approximate surface area is 142 Å². The Morgan fingerprint density at radius 1 is 1.24 bits per heavy atom. The van der Waals surface area contributed by atoms with Gasteiger partial charge in [-0.05, 0) is 17.7 Å². The summed E-state index contributed by atoms with van der Waals surface area (Å²) in [5.74, 6) is -1.94. The fourth-order valence-corrected chi connectivity index (χ4v) is 2.41. The lowest BCUT2D eigenvalue weighted by atomic mass is 10.1. The van der Waals surface area contributed by atoms with Crippen molar-refractivity contribution in [3.63, 3.8) is 0 Å². The third kappa shape index (κ3) is 3.58.